The number of aromatic nitrogens is 1. The summed E-state index contributed by atoms with van der Waals surface area (Å²) in [6.07, 6.45) is 2.46. The van der Waals surface area contributed by atoms with Crippen molar-refractivity contribution in [2.75, 3.05) is 52.4 Å². The van der Waals surface area contributed by atoms with Crippen LogP contribution in [0.15, 0.2) is 72.8 Å². The van der Waals surface area contributed by atoms with Gasteiger partial charge in [-0.15, -0.1) is 0 Å². The number of nitrogens with one attached hydrogen (secondary N) is 1. The summed E-state index contributed by atoms with van der Waals surface area (Å²) in [5.74, 6) is -0.0439. The first-order valence-electron chi connectivity index (χ1n) is 18.7. The number of carbonyl (C=O) groups excluding carboxylic acids is 4. The number of benzene rings is 2. The highest BCUT2D eigenvalue weighted by Crippen LogP contribution is 2.28. The number of hydrogen-bond acceptors (Lipinski definition) is 7. The first kappa shape index (κ1) is 37.0. The van der Waals surface area contributed by atoms with Crippen LogP contribution < -0.4 is 5.32 Å². The molecule has 3 aliphatic rings. The van der Waals surface area contributed by atoms with E-state index in [4.69, 9.17) is 9.72 Å². The molecular weight excluding hydrogens is 656 g/mol. The Kier molecular flexibility index (Phi) is 11.6. The molecule has 0 aliphatic carbocycles. The first-order valence-corrected chi connectivity index (χ1v) is 18.7. The van der Waals surface area contributed by atoms with E-state index in [2.05, 4.69) is 10.2 Å². The van der Waals surface area contributed by atoms with Crippen LogP contribution >= 0.6 is 0 Å². The zero-order valence-electron chi connectivity index (χ0n) is 30.9. The van der Waals surface area contributed by atoms with E-state index in [0.29, 0.717) is 50.6 Å². The summed E-state index contributed by atoms with van der Waals surface area (Å²) in [4.78, 5) is 65.6. The molecule has 0 bridgehead atoms. The fourth-order valence-electron chi connectivity index (χ4n) is 7.52. The molecule has 11 heteroatoms. The number of piperidine rings is 2. The minimum absolute atomic E-state index is 0.0262. The maximum atomic E-state index is 13.9. The zero-order chi connectivity index (χ0) is 36.8. The molecule has 1 N–H and O–H groups in total. The van der Waals surface area contributed by atoms with E-state index >= 15 is 0 Å². The maximum absolute atomic E-state index is 13.9. The Balaban J connectivity index is 0.969. The highest BCUT2D eigenvalue weighted by Gasteiger charge is 2.35. The maximum Gasteiger partial charge on any atom is 0.408 e. The molecule has 1 atom stereocenters. The van der Waals surface area contributed by atoms with Crippen LogP contribution in [0.1, 0.15) is 63.7 Å². The van der Waals surface area contributed by atoms with Gasteiger partial charge in [-0.25, -0.2) is 9.78 Å². The second-order valence-electron chi connectivity index (χ2n) is 15.2. The molecule has 4 heterocycles. The monoisotopic (exact) mass is 708 g/mol. The van der Waals surface area contributed by atoms with E-state index in [1.807, 2.05) is 82.6 Å². The first-order chi connectivity index (χ1) is 24.9. The molecule has 52 heavy (non-hydrogen) atoms. The third kappa shape index (κ3) is 9.17. The summed E-state index contributed by atoms with van der Waals surface area (Å²) in [5, 5.41) is 2.63. The second-order valence-corrected chi connectivity index (χ2v) is 15.2. The molecule has 0 spiro atoms. The lowest BCUT2D eigenvalue weighted by Crippen LogP contribution is -2.55. The predicted molar refractivity (Wildman–Crippen MR) is 200 cm³/mol. The third-order valence-electron chi connectivity index (χ3n) is 10.4. The van der Waals surface area contributed by atoms with Crippen molar-refractivity contribution in [3.05, 3.63) is 78.4 Å². The molecule has 3 aliphatic heterocycles. The van der Waals surface area contributed by atoms with Crippen molar-refractivity contribution in [3.8, 4) is 22.5 Å². The Morgan fingerprint density at radius 3 is 1.75 bits per heavy atom. The standard InChI is InChI=1S/C41H52N6O5/c1-29(42-40(51)52-41(2,3)4)37(48)45-19-15-32(16-20-45)38(49)46-21-17-34(18-22-46)44-23-25-47(26-24-44)39(50)33-27-35(30-11-7-5-8-12-30)43-36(28-33)31-13-9-6-10-14-31/h5-14,27-29,32,34H,15-26H2,1-4H3,(H,42,51)/t29-/m0/s1. The normalized spacial score (nSPS) is 18.5. The number of alkyl carbamates (subject to hydrolysis) is 1. The summed E-state index contributed by atoms with van der Waals surface area (Å²) >= 11 is 0. The molecule has 0 radical (unpaired) electrons. The summed E-state index contributed by atoms with van der Waals surface area (Å²) in [7, 11) is 0. The molecular formula is C41H52N6O5. The molecule has 4 amide bonds. The van der Waals surface area contributed by atoms with E-state index in [-0.39, 0.29) is 23.6 Å². The molecule has 0 unspecified atom stereocenters. The second kappa shape index (κ2) is 16.3. The van der Waals surface area contributed by atoms with Gasteiger partial charge in [0.05, 0.1) is 11.4 Å². The van der Waals surface area contributed by atoms with Gasteiger partial charge in [0.15, 0.2) is 0 Å². The van der Waals surface area contributed by atoms with Crippen molar-refractivity contribution in [1.82, 2.24) is 29.9 Å². The number of likely N-dealkylation sites (tertiary alicyclic amines) is 2. The summed E-state index contributed by atoms with van der Waals surface area (Å²) in [6, 6.07) is 23.5. The predicted octanol–water partition coefficient (Wildman–Crippen LogP) is 5.32. The van der Waals surface area contributed by atoms with Crippen molar-refractivity contribution < 1.29 is 23.9 Å². The van der Waals surface area contributed by atoms with Crippen molar-refractivity contribution in [1.29, 1.82) is 0 Å². The Hall–Kier alpha value is -4.77. The molecule has 3 aromatic rings. The number of rotatable bonds is 7. The topological polar surface area (TPSA) is 115 Å². The van der Waals surface area contributed by atoms with Gasteiger partial charge in [0.25, 0.3) is 5.91 Å². The van der Waals surface area contributed by atoms with E-state index in [9.17, 15) is 19.2 Å². The van der Waals surface area contributed by atoms with Crippen LogP contribution in [-0.4, -0.2) is 118 Å². The van der Waals surface area contributed by atoms with Crippen LogP contribution in [0.3, 0.4) is 0 Å². The number of hydrogen-bond donors (Lipinski definition) is 1. The zero-order valence-corrected chi connectivity index (χ0v) is 30.9. The lowest BCUT2D eigenvalue weighted by atomic mass is 9.93. The Morgan fingerprint density at radius 2 is 1.23 bits per heavy atom. The van der Waals surface area contributed by atoms with Crippen molar-refractivity contribution in [2.24, 2.45) is 5.92 Å². The Morgan fingerprint density at radius 1 is 0.712 bits per heavy atom. The average molecular weight is 709 g/mol. The molecule has 0 saturated carbocycles. The molecule has 6 rings (SSSR count). The van der Waals surface area contributed by atoms with Gasteiger partial charge in [0.2, 0.25) is 11.8 Å². The third-order valence-corrected chi connectivity index (χ3v) is 10.4. The molecule has 3 saturated heterocycles. The SMILES string of the molecule is C[C@H](NC(=O)OC(C)(C)C)C(=O)N1CCC(C(=O)N2CCC(N3CCN(C(=O)c4cc(-c5ccccc5)nc(-c5ccccc5)c4)CC3)CC2)CC1. The van der Waals surface area contributed by atoms with Gasteiger partial charge in [0.1, 0.15) is 11.6 Å². The van der Waals surface area contributed by atoms with Crippen molar-refractivity contribution in [2.45, 2.75) is 71.1 Å². The van der Waals surface area contributed by atoms with Gasteiger partial charge in [0, 0.05) is 81.0 Å². The summed E-state index contributed by atoms with van der Waals surface area (Å²) in [6.45, 7) is 12.4. The number of pyridine rings is 1. The van der Waals surface area contributed by atoms with Crippen LogP contribution in [0.4, 0.5) is 4.79 Å². The Bertz CT molecular complexity index is 1650. The van der Waals surface area contributed by atoms with Crippen LogP contribution in [0.2, 0.25) is 0 Å². The highest BCUT2D eigenvalue weighted by molar-refractivity contribution is 5.96. The smallest absolute Gasteiger partial charge is 0.408 e. The van der Waals surface area contributed by atoms with Crippen molar-refractivity contribution >= 4 is 23.8 Å². The highest BCUT2D eigenvalue weighted by atomic mass is 16.6. The van der Waals surface area contributed by atoms with Crippen molar-refractivity contribution in [3.63, 3.8) is 0 Å². The number of ether oxygens (including phenoxy) is 1. The van der Waals surface area contributed by atoms with Gasteiger partial charge in [-0.1, -0.05) is 60.7 Å². The quantitative estimate of drug-likeness (QED) is 0.354. The van der Waals surface area contributed by atoms with E-state index in [1.165, 1.54) is 0 Å². The largest absolute Gasteiger partial charge is 0.444 e. The van der Waals surface area contributed by atoms with Gasteiger partial charge in [-0.3, -0.25) is 19.3 Å². The molecule has 2 aromatic carbocycles. The van der Waals surface area contributed by atoms with Crippen LogP contribution in [0.5, 0.6) is 0 Å². The summed E-state index contributed by atoms with van der Waals surface area (Å²) in [5.41, 5.74) is 3.53. The van der Waals surface area contributed by atoms with Crippen LogP contribution in [0, 0.1) is 5.92 Å². The fraction of sp³-hybridized carbons (Fsp3) is 0.488. The minimum Gasteiger partial charge on any atom is -0.444 e. The lowest BCUT2D eigenvalue weighted by molar-refractivity contribution is -0.142. The van der Waals surface area contributed by atoms with Crippen LogP contribution in [0.25, 0.3) is 22.5 Å². The number of nitrogens with zero attached hydrogens (tertiary/aromatic N) is 5. The fourth-order valence-corrected chi connectivity index (χ4v) is 7.52. The number of amides is 4. The molecule has 3 fully saturated rings. The van der Waals surface area contributed by atoms with Crippen LogP contribution in [-0.2, 0) is 14.3 Å². The number of carbonyl (C=O) groups is 4. The Labute approximate surface area is 307 Å². The van der Waals surface area contributed by atoms with Gasteiger partial charge in [-0.05, 0) is 65.5 Å². The molecule has 1 aromatic heterocycles. The van der Waals surface area contributed by atoms with E-state index in [0.717, 1.165) is 61.5 Å². The van der Waals surface area contributed by atoms with Gasteiger partial charge < -0.3 is 24.8 Å². The van der Waals surface area contributed by atoms with Gasteiger partial charge in [-0.2, -0.15) is 0 Å². The van der Waals surface area contributed by atoms with Gasteiger partial charge >= 0.3 is 6.09 Å². The summed E-state index contributed by atoms with van der Waals surface area (Å²) < 4.78 is 5.28. The van der Waals surface area contributed by atoms with E-state index < -0.39 is 17.7 Å². The average Bonchev–Trinajstić information content (AvgIpc) is 3.17. The lowest BCUT2D eigenvalue weighted by Gasteiger charge is -2.43. The minimum atomic E-state index is -0.697. The van der Waals surface area contributed by atoms with E-state index in [1.54, 1.807) is 32.6 Å². The number of piperazine rings is 1. The molecule has 11 nitrogen and oxygen atoms in total. The molecule has 276 valence electrons.